The number of halogens is 1. The highest BCUT2D eigenvalue weighted by Crippen LogP contribution is 2.29. The Bertz CT molecular complexity index is 781. The van der Waals surface area contributed by atoms with Crippen LogP contribution in [0.2, 0.25) is 0 Å². The molecule has 0 aliphatic carbocycles. The Balaban J connectivity index is 0.00000208. The molecule has 0 radical (unpaired) electrons. The molecule has 3 rings (SSSR count). The zero-order valence-electron chi connectivity index (χ0n) is 14.2. The molecule has 1 aliphatic rings. The van der Waals surface area contributed by atoms with Gasteiger partial charge >= 0.3 is 0 Å². The summed E-state index contributed by atoms with van der Waals surface area (Å²) in [4.78, 5) is 12.4. The minimum Gasteiger partial charge on any atom is -0.379 e. The van der Waals surface area contributed by atoms with Crippen LogP contribution in [0.15, 0.2) is 54.6 Å². The molecule has 2 aromatic rings. The van der Waals surface area contributed by atoms with E-state index in [1.54, 1.807) is 6.08 Å². The number of carbonyl (C=O) groups is 1. The van der Waals surface area contributed by atoms with Crippen LogP contribution in [0.5, 0.6) is 0 Å². The Morgan fingerprint density at radius 1 is 1.12 bits per heavy atom. The van der Waals surface area contributed by atoms with Crippen LogP contribution in [-0.4, -0.2) is 11.4 Å². The lowest BCUT2D eigenvalue weighted by molar-refractivity contribution is -0.111. The van der Waals surface area contributed by atoms with Gasteiger partial charge in [-0.1, -0.05) is 42.5 Å². The number of fused-ring (bicyclic) bond motifs is 1. The first-order chi connectivity index (χ1) is 10.9. The SMILES string of the molecule is Cc1ccccc1NC(=O)/C=C1/NC(C)(C)Cc2ccccc21.Cl. The Labute approximate surface area is 149 Å². The Kier molecular flexibility index (Phi) is 5.35. The van der Waals surface area contributed by atoms with Gasteiger partial charge in [0.25, 0.3) is 0 Å². The van der Waals surface area contributed by atoms with E-state index in [4.69, 9.17) is 0 Å². The number of carbonyl (C=O) groups excluding carboxylic acids is 1. The lowest BCUT2D eigenvalue weighted by atomic mass is 9.86. The van der Waals surface area contributed by atoms with Crippen LogP contribution in [0, 0.1) is 6.92 Å². The van der Waals surface area contributed by atoms with Crippen LogP contribution in [-0.2, 0) is 11.2 Å². The number of para-hydroxylation sites is 1. The molecule has 1 heterocycles. The van der Waals surface area contributed by atoms with Crippen molar-refractivity contribution in [2.24, 2.45) is 0 Å². The number of aryl methyl sites for hydroxylation is 1. The van der Waals surface area contributed by atoms with Crippen molar-refractivity contribution >= 4 is 29.7 Å². The van der Waals surface area contributed by atoms with E-state index in [2.05, 4.69) is 36.6 Å². The average molecular weight is 343 g/mol. The molecule has 126 valence electrons. The Morgan fingerprint density at radius 3 is 2.54 bits per heavy atom. The molecular weight excluding hydrogens is 320 g/mol. The second-order valence-electron chi connectivity index (χ2n) is 6.70. The molecule has 3 nitrogen and oxygen atoms in total. The van der Waals surface area contributed by atoms with Crippen LogP contribution in [0.4, 0.5) is 5.69 Å². The second-order valence-corrected chi connectivity index (χ2v) is 6.70. The standard InChI is InChI=1S/C20H22N2O.ClH/c1-14-8-4-7-11-17(14)21-19(23)12-18-16-10-6-5-9-15(16)13-20(2,3)22-18;/h4-12,22H,13H2,1-3H3,(H,21,23);1H/b18-12+;. The van der Waals surface area contributed by atoms with Crippen molar-refractivity contribution in [2.45, 2.75) is 32.7 Å². The summed E-state index contributed by atoms with van der Waals surface area (Å²) in [6.07, 6.45) is 2.60. The molecule has 0 unspecified atom stereocenters. The smallest absolute Gasteiger partial charge is 0.250 e. The first-order valence-corrected chi connectivity index (χ1v) is 7.89. The lowest BCUT2D eigenvalue weighted by Crippen LogP contribution is -2.44. The summed E-state index contributed by atoms with van der Waals surface area (Å²) in [6, 6.07) is 16.0. The summed E-state index contributed by atoms with van der Waals surface area (Å²) in [5, 5.41) is 6.44. The van der Waals surface area contributed by atoms with E-state index >= 15 is 0 Å². The van der Waals surface area contributed by atoms with Crippen molar-refractivity contribution in [3.05, 3.63) is 71.3 Å². The maximum atomic E-state index is 12.4. The highest BCUT2D eigenvalue weighted by molar-refractivity contribution is 6.04. The van der Waals surface area contributed by atoms with Crippen LogP contribution in [0.1, 0.15) is 30.5 Å². The molecule has 1 aliphatic heterocycles. The summed E-state index contributed by atoms with van der Waals surface area (Å²) in [5.41, 5.74) is 5.08. The maximum absolute atomic E-state index is 12.4. The fourth-order valence-electron chi connectivity index (χ4n) is 3.02. The number of hydrogen-bond donors (Lipinski definition) is 2. The van der Waals surface area contributed by atoms with Gasteiger partial charge in [0.05, 0.1) is 0 Å². The monoisotopic (exact) mass is 342 g/mol. The fourth-order valence-corrected chi connectivity index (χ4v) is 3.02. The van der Waals surface area contributed by atoms with Crippen molar-refractivity contribution in [3.8, 4) is 0 Å². The highest BCUT2D eigenvalue weighted by atomic mass is 35.5. The Hall–Kier alpha value is -2.26. The predicted molar refractivity (Wildman–Crippen MR) is 102 cm³/mol. The van der Waals surface area contributed by atoms with Crippen LogP contribution >= 0.6 is 12.4 Å². The topological polar surface area (TPSA) is 41.1 Å². The van der Waals surface area contributed by atoms with Gasteiger partial charge in [-0.2, -0.15) is 0 Å². The number of rotatable bonds is 2. The third kappa shape index (κ3) is 3.98. The van der Waals surface area contributed by atoms with Gasteiger partial charge in [-0.15, -0.1) is 12.4 Å². The minimum atomic E-state index is -0.116. The average Bonchev–Trinajstić information content (AvgIpc) is 2.48. The van der Waals surface area contributed by atoms with Gasteiger partial charge in [0.1, 0.15) is 0 Å². The normalized spacial score (nSPS) is 16.5. The van der Waals surface area contributed by atoms with Crippen molar-refractivity contribution in [1.29, 1.82) is 0 Å². The number of benzene rings is 2. The van der Waals surface area contributed by atoms with E-state index in [-0.39, 0.29) is 23.9 Å². The summed E-state index contributed by atoms with van der Waals surface area (Å²) in [5.74, 6) is -0.116. The second kappa shape index (κ2) is 7.10. The van der Waals surface area contributed by atoms with Crippen molar-refractivity contribution in [2.75, 3.05) is 5.32 Å². The maximum Gasteiger partial charge on any atom is 0.250 e. The zero-order chi connectivity index (χ0) is 16.4. The van der Waals surface area contributed by atoms with Gasteiger partial charge in [-0.3, -0.25) is 4.79 Å². The number of nitrogens with one attached hydrogen (secondary N) is 2. The molecular formula is C20H23ClN2O. The summed E-state index contributed by atoms with van der Waals surface area (Å²) in [6.45, 7) is 6.28. The Morgan fingerprint density at radius 2 is 1.79 bits per heavy atom. The van der Waals surface area contributed by atoms with E-state index in [0.29, 0.717) is 0 Å². The first-order valence-electron chi connectivity index (χ1n) is 7.89. The van der Waals surface area contributed by atoms with Crippen molar-refractivity contribution in [1.82, 2.24) is 5.32 Å². The zero-order valence-corrected chi connectivity index (χ0v) is 15.0. The van der Waals surface area contributed by atoms with E-state index < -0.39 is 0 Å². The molecule has 0 fully saturated rings. The van der Waals surface area contributed by atoms with Gasteiger partial charge in [-0.05, 0) is 44.4 Å². The molecule has 2 N–H and O–H groups in total. The van der Waals surface area contributed by atoms with Crippen molar-refractivity contribution < 1.29 is 4.79 Å². The van der Waals surface area contributed by atoms with Crippen LogP contribution in [0.3, 0.4) is 0 Å². The highest BCUT2D eigenvalue weighted by Gasteiger charge is 2.27. The van der Waals surface area contributed by atoms with Crippen molar-refractivity contribution in [3.63, 3.8) is 0 Å². The molecule has 0 atom stereocenters. The third-order valence-corrected chi connectivity index (χ3v) is 4.09. The number of anilines is 1. The predicted octanol–water partition coefficient (Wildman–Crippen LogP) is 4.32. The summed E-state index contributed by atoms with van der Waals surface area (Å²) >= 11 is 0. The summed E-state index contributed by atoms with van der Waals surface area (Å²) < 4.78 is 0. The molecule has 2 aromatic carbocycles. The number of amides is 1. The molecule has 0 saturated heterocycles. The first kappa shape index (κ1) is 18.1. The lowest BCUT2D eigenvalue weighted by Gasteiger charge is -2.35. The molecule has 0 saturated carbocycles. The van der Waals surface area contributed by atoms with Gasteiger partial charge in [0, 0.05) is 28.6 Å². The van der Waals surface area contributed by atoms with Gasteiger partial charge < -0.3 is 10.6 Å². The molecule has 0 aromatic heterocycles. The van der Waals surface area contributed by atoms with Crippen LogP contribution in [0.25, 0.3) is 5.70 Å². The van der Waals surface area contributed by atoms with Gasteiger partial charge in [0.15, 0.2) is 0 Å². The van der Waals surface area contributed by atoms with Gasteiger partial charge in [-0.25, -0.2) is 0 Å². The fraction of sp³-hybridized carbons (Fsp3) is 0.250. The molecule has 4 heteroatoms. The third-order valence-electron chi connectivity index (χ3n) is 4.09. The summed E-state index contributed by atoms with van der Waals surface area (Å²) in [7, 11) is 0. The van der Waals surface area contributed by atoms with E-state index in [1.165, 1.54) is 5.56 Å². The molecule has 0 spiro atoms. The van der Waals surface area contributed by atoms with E-state index in [1.807, 2.05) is 43.3 Å². The van der Waals surface area contributed by atoms with E-state index in [0.717, 1.165) is 28.9 Å². The molecule has 0 bridgehead atoms. The van der Waals surface area contributed by atoms with E-state index in [9.17, 15) is 4.79 Å². The van der Waals surface area contributed by atoms with Gasteiger partial charge in [0.2, 0.25) is 5.91 Å². The molecule has 1 amide bonds. The van der Waals surface area contributed by atoms with Crippen LogP contribution < -0.4 is 10.6 Å². The minimum absolute atomic E-state index is 0. The largest absolute Gasteiger partial charge is 0.379 e. The quantitative estimate of drug-likeness (QED) is 0.798. The molecule has 24 heavy (non-hydrogen) atoms. The number of hydrogen-bond acceptors (Lipinski definition) is 2.